The van der Waals surface area contributed by atoms with Gasteiger partial charge >= 0.3 is 0 Å². The minimum absolute atomic E-state index is 0.0549. The normalized spacial score (nSPS) is 24.9. The fourth-order valence-electron chi connectivity index (χ4n) is 3.65. The first-order valence-corrected chi connectivity index (χ1v) is 8.73. The van der Waals surface area contributed by atoms with Gasteiger partial charge in [-0.2, -0.15) is 0 Å². The van der Waals surface area contributed by atoms with Crippen LogP contribution in [0.5, 0.6) is 5.75 Å². The molecule has 0 radical (unpaired) electrons. The van der Waals surface area contributed by atoms with Crippen LogP contribution < -0.4 is 10.5 Å². The van der Waals surface area contributed by atoms with E-state index in [1.807, 2.05) is 6.07 Å². The third-order valence-electron chi connectivity index (χ3n) is 4.68. The quantitative estimate of drug-likeness (QED) is 0.881. The summed E-state index contributed by atoms with van der Waals surface area (Å²) in [7, 11) is 0. The van der Waals surface area contributed by atoms with Crippen LogP contribution in [0, 0.1) is 5.92 Å². The molecule has 3 nitrogen and oxygen atoms in total. The van der Waals surface area contributed by atoms with E-state index in [9.17, 15) is 0 Å². The molecule has 3 rings (SSSR count). The second-order valence-electron chi connectivity index (χ2n) is 6.97. The third-order valence-corrected chi connectivity index (χ3v) is 5.18. The van der Waals surface area contributed by atoms with Crippen molar-refractivity contribution in [2.24, 2.45) is 11.7 Å². The molecule has 1 atom stereocenters. The van der Waals surface area contributed by atoms with Crippen LogP contribution in [0.25, 0.3) is 0 Å². The van der Waals surface area contributed by atoms with E-state index >= 15 is 0 Å². The summed E-state index contributed by atoms with van der Waals surface area (Å²) in [6.07, 6.45) is 3.11. The Hall–Kier alpha value is -0.580. The Labute approximate surface area is 136 Å². The van der Waals surface area contributed by atoms with E-state index in [4.69, 9.17) is 10.5 Å². The number of fused-ring (bicyclic) bond motifs is 1. The Bertz CT molecular complexity index is 510. The van der Waals surface area contributed by atoms with Gasteiger partial charge in [0.1, 0.15) is 11.4 Å². The molecule has 2 aliphatic rings. The Balaban J connectivity index is 1.74. The summed E-state index contributed by atoms with van der Waals surface area (Å²) in [5.74, 6) is 1.70. The molecule has 0 aromatic heterocycles. The lowest BCUT2D eigenvalue weighted by molar-refractivity contribution is -0.0237. The molecule has 1 aromatic rings. The van der Waals surface area contributed by atoms with E-state index in [-0.39, 0.29) is 11.6 Å². The van der Waals surface area contributed by atoms with Gasteiger partial charge in [0.05, 0.1) is 0 Å². The van der Waals surface area contributed by atoms with Crippen LogP contribution in [0.1, 0.15) is 44.7 Å². The molecule has 0 aliphatic carbocycles. The van der Waals surface area contributed by atoms with Crippen molar-refractivity contribution in [2.75, 3.05) is 19.6 Å². The Kier molecular flexibility index (Phi) is 4.30. The molecule has 2 N–H and O–H groups in total. The lowest BCUT2D eigenvalue weighted by Crippen LogP contribution is -2.51. The molecule has 1 fully saturated rings. The van der Waals surface area contributed by atoms with Gasteiger partial charge in [0.25, 0.3) is 0 Å². The van der Waals surface area contributed by atoms with Gasteiger partial charge in [0.15, 0.2) is 0 Å². The summed E-state index contributed by atoms with van der Waals surface area (Å²) in [5.41, 5.74) is 7.50. The molecule has 2 aliphatic heterocycles. The number of hydrogen-bond acceptors (Lipinski definition) is 3. The highest BCUT2D eigenvalue weighted by atomic mass is 79.9. The molecule has 21 heavy (non-hydrogen) atoms. The van der Waals surface area contributed by atoms with Gasteiger partial charge in [-0.05, 0) is 30.9 Å². The van der Waals surface area contributed by atoms with E-state index in [0.29, 0.717) is 0 Å². The van der Waals surface area contributed by atoms with Crippen molar-refractivity contribution in [3.63, 3.8) is 0 Å². The maximum absolute atomic E-state index is 6.43. The molecular formula is C17H25BrN2O. The molecular weight excluding hydrogens is 328 g/mol. The van der Waals surface area contributed by atoms with Crippen LogP contribution in [0.2, 0.25) is 0 Å². The molecule has 4 heteroatoms. The highest BCUT2D eigenvalue weighted by molar-refractivity contribution is 9.10. The molecule has 0 saturated carbocycles. The van der Waals surface area contributed by atoms with Crippen LogP contribution in [0.3, 0.4) is 0 Å². The summed E-state index contributed by atoms with van der Waals surface area (Å²) in [6, 6.07) is 6.30. The van der Waals surface area contributed by atoms with Gasteiger partial charge in [-0.25, -0.2) is 0 Å². The van der Waals surface area contributed by atoms with Gasteiger partial charge in [-0.3, -0.25) is 0 Å². The average molecular weight is 353 g/mol. The lowest BCUT2D eigenvalue weighted by Gasteiger charge is -2.46. The van der Waals surface area contributed by atoms with Crippen molar-refractivity contribution in [1.82, 2.24) is 4.90 Å². The first-order chi connectivity index (χ1) is 9.97. The summed E-state index contributed by atoms with van der Waals surface area (Å²) < 4.78 is 7.49. The Morgan fingerprint density at radius 1 is 1.38 bits per heavy atom. The average Bonchev–Trinajstić information content (AvgIpc) is 2.40. The standard InChI is InChI=1S/C17H25BrN2O/c1-12(2)11-20-7-5-17(6-8-20)10-15(19)14-4-3-13(18)9-16(14)21-17/h3-4,9,12,15H,5-8,10-11,19H2,1-2H3/t15-/m1/s1. The maximum atomic E-state index is 6.43. The Morgan fingerprint density at radius 2 is 2.10 bits per heavy atom. The molecule has 0 unspecified atom stereocenters. The predicted octanol–water partition coefficient (Wildman–Crippen LogP) is 3.72. The fraction of sp³-hybridized carbons (Fsp3) is 0.647. The van der Waals surface area contributed by atoms with Crippen LogP contribution in [0.15, 0.2) is 22.7 Å². The Morgan fingerprint density at radius 3 is 2.76 bits per heavy atom. The molecule has 2 heterocycles. The van der Waals surface area contributed by atoms with Gasteiger partial charge in [0.2, 0.25) is 0 Å². The SMILES string of the molecule is CC(C)CN1CCC2(CC1)C[C@@H](N)c1ccc(Br)cc1O2. The van der Waals surface area contributed by atoms with Crippen LogP contribution in [0.4, 0.5) is 0 Å². The first kappa shape index (κ1) is 15.3. The molecule has 116 valence electrons. The van der Waals surface area contributed by atoms with Crippen LogP contribution >= 0.6 is 15.9 Å². The van der Waals surface area contributed by atoms with Crippen LogP contribution in [-0.2, 0) is 0 Å². The summed E-state index contributed by atoms with van der Waals surface area (Å²) in [5, 5.41) is 0. The summed E-state index contributed by atoms with van der Waals surface area (Å²) in [6.45, 7) is 7.99. The van der Waals surface area contributed by atoms with Crippen molar-refractivity contribution < 1.29 is 4.74 Å². The number of nitrogens with zero attached hydrogens (tertiary/aromatic N) is 1. The van der Waals surface area contributed by atoms with Crippen molar-refractivity contribution in [1.29, 1.82) is 0 Å². The minimum Gasteiger partial charge on any atom is -0.487 e. The van der Waals surface area contributed by atoms with Crippen LogP contribution in [-0.4, -0.2) is 30.1 Å². The molecule has 1 spiro atoms. The van der Waals surface area contributed by atoms with Gasteiger partial charge in [-0.15, -0.1) is 0 Å². The number of piperidine rings is 1. The summed E-state index contributed by atoms with van der Waals surface area (Å²) in [4.78, 5) is 2.56. The van der Waals surface area contributed by atoms with Crippen molar-refractivity contribution in [2.45, 2.75) is 44.8 Å². The van der Waals surface area contributed by atoms with Crippen molar-refractivity contribution in [3.8, 4) is 5.75 Å². The molecule has 1 saturated heterocycles. The number of hydrogen-bond donors (Lipinski definition) is 1. The molecule has 0 bridgehead atoms. The fourth-order valence-corrected chi connectivity index (χ4v) is 3.99. The van der Waals surface area contributed by atoms with E-state index in [2.05, 4.69) is 46.8 Å². The summed E-state index contributed by atoms with van der Waals surface area (Å²) >= 11 is 3.53. The minimum atomic E-state index is -0.0549. The van der Waals surface area contributed by atoms with Crippen molar-refractivity contribution in [3.05, 3.63) is 28.2 Å². The predicted molar refractivity (Wildman–Crippen MR) is 89.6 cm³/mol. The van der Waals surface area contributed by atoms with Gasteiger partial charge in [0, 0.05) is 42.1 Å². The zero-order valence-corrected chi connectivity index (χ0v) is 14.5. The topological polar surface area (TPSA) is 38.5 Å². The van der Waals surface area contributed by atoms with E-state index in [0.717, 1.165) is 54.1 Å². The van der Waals surface area contributed by atoms with E-state index in [1.54, 1.807) is 0 Å². The number of nitrogens with two attached hydrogens (primary N) is 1. The van der Waals surface area contributed by atoms with Gasteiger partial charge in [-0.1, -0.05) is 35.8 Å². The molecule has 1 aromatic carbocycles. The van der Waals surface area contributed by atoms with Crippen molar-refractivity contribution >= 4 is 15.9 Å². The number of rotatable bonds is 2. The number of ether oxygens (including phenoxy) is 1. The smallest absolute Gasteiger partial charge is 0.126 e. The number of likely N-dealkylation sites (tertiary alicyclic amines) is 1. The second-order valence-corrected chi connectivity index (χ2v) is 7.89. The second kappa shape index (κ2) is 5.90. The molecule has 0 amide bonds. The largest absolute Gasteiger partial charge is 0.487 e. The zero-order chi connectivity index (χ0) is 15.0. The van der Waals surface area contributed by atoms with E-state index < -0.39 is 0 Å². The highest BCUT2D eigenvalue weighted by Crippen LogP contribution is 2.44. The lowest BCUT2D eigenvalue weighted by atomic mass is 9.81. The number of benzene rings is 1. The first-order valence-electron chi connectivity index (χ1n) is 7.94. The highest BCUT2D eigenvalue weighted by Gasteiger charge is 2.42. The third kappa shape index (κ3) is 3.27. The number of halogens is 1. The van der Waals surface area contributed by atoms with Gasteiger partial charge < -0.3 is 15.4 Å². The monoisotopic (exact) mass is 352 g/mol. The van der Waals surface area contributed by atoms with E-state index in [1.165, 1.54) is 6.54 Å². The zero-order valence-electron chi connectivity index (χ0n) is 12.9. The maximum Gasteiger partial charge on any atom is 0.126 e.